The van der Waals surface area contributed by atoms with Gasteiger partial charge in [-0.15, -0.1) is 5.10 Å². The molecule has 0 unspecified atom stereocenters. The van der Waals surface area contributed by atoms with Gasteiger partial charge in [-0.1, -0.05) is 0 Å². The van der Waals surface area contributed by atoms with Crippen LogP contribution in [0.3, 0.4) is 0 Å². The van der Waals surface area contributed by atoms with Crippen LogP contribution in [0.15, 0.2) is 41.6 Å². The van der Waals surface area contributed by atoms with E-state index in [9.17, 15) is 14.0 Å². The molecule has 2 heterocycles. The predicted molar refractivity (Wildman–Crippen MR) is 76.4 cm³/mol. The van der Waals surface area contributed by atoms with Gasteiger partial charge < -0.3 is 5.11 Å². The van der Waals surface area contributed by atoms with E-state index in [2.05, 4.69) is 15.5 Å². The number of tetrazole rings is 1. The van der Waals surface area contributed by atoms with Gasteiger partial charge in [-0.05, 0) is 47.2 Å². The quantitative estimate of drug-likeness (QED) is 0.772. The summed E-state index contributed by atoms with van der Waals surface area (Å²) in [5, 5.41) is 19.6. The molecule has 0 atom stereocenters. The summed E-state index contributed by atoms with van der Waals surface area (Å²) in [6, 6.07) is 5.38. The van der Waals surface area contributed by atoms with Crippen LogP contribution in [0.4, 0.5) is 4.39 Å². The lowest BCUT2D eigenvalue weighted by Crippen LogP contribution is -2.26. The molecular formula is C14H10FN5O3. The van der Waals surface area contributed by atoms with E-state index in [1.54, 1.807) is 0 Å². The fraction of sp³-hybridized carbons (Fsp3) is 0.0714. The Labute approximate surface area is 128 Å². The first-order valence-electron chi connectivity index (χ1n) is 6.48. The van der Waals surface area contributed by atoms with Crippen LogP contribution in [0.2, 0.25) is 0 Å². The highest BCUT2D eigenvalue weighted by Gasteiger charge is 2.16. The van der Waals surface area contributed by atoms with E-state index in [1.165, 1.54) is 37.6 Å². The van der Waals surface area contributed by atoms with Crippen molar-refractivity contribution in [3.05, 3.63) is 64.1 Å². The van der Waals surface area contributed by atoms with Crippen molar-refractivity contribution in [2.45, 2.75) is 6.92 Å². The molecule has 0 saturated heterocycles. The Morgan fingerprint density at radius 3 is 2.74 bits per heavy atom. The number of halogens is 1. The number of aromatic carboxylic acids is 1. The predicted octanol–water partition coefficient (Wildman–Crippen LogP) is 0.959. The van der Waals surface area contributed by atoms with Gasteiger partial charge >= 0.3 is 5.97 Å². The highest BCUT2D eigenvalue weighted by Crippen LogP contribution is 2.17. The number of aromatic nitrogens is 5. The average Bonchev–Trinajstić information content (AvgIpc) is 3.02. The van der Waals surface area contributed by atoms with E-state index < -0.39 is 17.3 Å². The second-order valence-corrected chi connectivity index (χ2v) is 4.74. The zero-order chi connectivity index (χ0) is 16.6. The van der Waals surface area contributed by atoms with E-state index in [4.69, 9.17) is 5.11 Å². The fourth-order valence-corrected chi connectivity index (χ4v) is 2.19. The Kier molecular flexibility index (Phi) is 3.45. The van der Waals surface area contributed by atoms with Gasteiger partial charge in [0.15, 0.2) is 0 Å². The molecule has 0 spiro atoms. The number of nitrogens with zero attached hydrogens (tertiary/aromatic N) is 5. The summed E-state index contributed by atoms with van der Waals surface area (Å²) in [5.74, 6) is -1.90. The smallest absolute Gasteiger partial charge is 0.341 e. The molecule has 0 aliphatic rings. The van der Waals surface area contributed by atoms with Crippen molar-refractivity contribution in [1.82, 2.24) is 24.8 Å². The standard InChI is InChI=1S/C14H10FN5O3/c1-8-4-5-19(13(21)12(8)14(22)23)9-2-3-10(15)11(6-9)20-7-16-17-18-20/h2-7H,1H3,(H,22,23). The third kappa shape index (κ3) is 2.48. The van der Waals surface area contributed by atoms with Gasteiger partial charge in [-0.25, -0.2) is 9.18 Å². The molecule has 1 N–H and O–H groups in total. The molecule has 0 aliphatic heterocycles. The molecule has 0 amide bonds. The maximum Gasteiger partial charge on any atom is 0.341 e. The van der Waals surface area contributed by atoms with Crippen molar-refractivity contribution in [3.8, 4) is 11.4 Å². The van der Waals surface area contributed by atoms with Gasteiger partial charge in [0, 0.05) is 6.20 Å². The minimum atomic E-state index is -1.32. The van der Waals surface area contributed by atoms with E-state index in [0.717, 1.165) is 15.3 Å². The van der Waals surface area contributed by atoms with Crippen molar-refractivity contribution in [2.24, 2.45) is 0 Å². The molecule has 0 saturated carbocycles. The van der Waals surface area contributed by atoms with E-state index in [0.29, 0.717) is 11.3 Å². The number of hydrogen-bond acceptors (Lipinski definition) is 5. The third-order valence-corrected chi connectivity index (χ3v) is 3.32. The minimum absolute atomic E-state index is 0.0388. The molecule has 3 aromatic rings. The molecule has 0 fully saturated rings. The van der Waals surface area contributed by atoms with E-state index in [-0.39, 0.29) is 11.3 Å². The Morgan fingerprint density at radius 2 is 2.09 bits per heavy atom. The molecule has 3 rings (SSSR count). The highest BCUT2D eigenvalue weighted by molar-refractivity contribution is 5.88. The molecule has 1 aromatic carbocycles. The fourth-order valence-electron chi connectivity index (χ4n) is 2.19. The Morgan fingerprint density at radius 1 is 1.30 bits per heavy atom. The Bertz CT molecular complexity index is 950. The monoisotopic (exact) mass is 315 g/mol. The van der Waals surface area contributed by atoms with Crippen molar-refractivity contribution < 1.29 is 14.3 Å². The van der Waals surface area contributed by atoms with Gasteiger partial charge in [0.05, 0.1) is 5.69 Å². The van der Waals surface area contributed by atoms with E-state index in [1.807, 2.05) is 0 Å². The SMILES string of the molecule is Cc1ccn(-c2ccc(F)c(-n3cnnn3)c2)c(=O)c1C(=O)O. The van der Waals surface area contributed by atoms with Crippen LogP contribution >= 0.6 is 0 Å². The average molecular weight is 315 g/mol. The number of rotatable bonds is 3. The summed E-state index contributed by atoms with van der Waals surface area (Å²) in [6.07, 6.45) is 2.64. The van der Waals surface area contributed by atoms with Crippen molar-refractivity contribution in [1.29, 1.82) is 0 Å². The molecule has 0 bridgehead atoms. The lowest BCUT2D eigenvalue weighted by Gasteiger charge is -2.10. The van der Waals surface area contributed by atoms with E-state index >= 15 is 0 Å². The number of pyridine rings is 1. The molecule has 0 aliphatic carbocycles. The topological polar surface area (TPSA) is 103 Å². The van der Waals surface area contributed by atoms with Crippen molar-refractivity contribution >= 4 is 5.97 Å². The minimum Gasteiger partial charge on any atom is -0.477 e. The zero-order valence-electron chi connectivity index (χ0n) is 11.8. The van der Waals surface area contributed by atoms with Gasteiger partial charge in [-0.2, -0.15) is 4.68 Å². The third-order valence-electron chi connectivity index (χ3n) is 3.32. The maximum absolute atomic E-state index is 13.9. The summed E-state index contributed by atoms with van der Waals surface area (Å²) >= 11 is 0. The van der Waals surface area contributed by atoms with Gasteiger partial charge in [0.2, 0.25) is 0 Å². The maximum atomic E-state index is 13.9. The van der Waals surface area contributed by atoms with Crippen LogP contribution in [-0.2, 0) is 0 Å². The first-order valence-corrected chi connectivity index (χ1v) is 6.48. The van der Waals surface area contributed by atoms with Crippen LogP contribution < -0.4 is 5.56 Å². The lowest BCUT2D eigenvalue weighted by molar-refractivity contribution is 0.0693. The van der Waals surface area contributed by atoms with Gasteiger partial charge in [-0.3, -0.25) is 9.36 Å². The van der Waals surface area contributed by atoms with Crippen LogP contribution in [0, 0.1) is 12.7 Å². The summed E-state index contributed by atoms with van der Waals surface area (Å²) in [4.78, 5) is 23.6. The number of carbonyl (C=O) groups is 1. The number of hydrogen-bond donors (Lipinski definition) is 1. The number of carboxylic acids is 1. The summed E-state index contributed by atoms with van der Waals surface area (Å²) in [6.45, 7) is 1.53. The van der Waals surface area contributed by atoms with Crippen LogP contribution in [0.1, 0.15) is 15.9 Å². The first-order chi connectivity index (χ1) is 11.0. The molecule has 23 heavy (non-hydrogen) atoms. The lowest BCUT2D eigenvalue weighted by atomic mass is 10.1. The Balaban J connectivity index is 2.21. The number of aryl methyl sites for hydroxylation is 1. The summed E-state index contributed by atoms with van der Waals surface area (Å²) in [7, 11) is 0. The van der Waals surface area contributed by atoms with Crippen LogP contribution in [-0.4, -0.2) is 35.9 Å². The molecule has 2 aromatic heterocycles. The summed E-state index contributed by atoms with van der Waals surface area (Å²) in [5.41, 5.74) is -0.351. The summed E-state index contributed by atoms with van der Waals surface area (Å²) < 4.78 is 16.2. The second-order valence-electron chi connectivity index (χ2n) is 4.74. The molecular weight excluding hydrogens is 305 g/mol. The molecule has 116 valence electrons. The molecule has 9 heteroatoms. The second kappa shape index (κ2) is 5.44. The molecule has 0 radical (unpaired) electrons. The normalized spacial score (nSPS) is 10.7. The Hall–Kier alpha value is -3.36. The van der Waals surface area contributed by atoms with Gasteiger partial charge in [0.1, 0.15) is 23.4 Å². The first kappa shape index (κ1) is 14.6. The number of benzene rings is 1. The molecule has 8 nitrogen and oxygen atoms in total. The zero-order valence-corrected chi connectivity index (χ0v) is 11.8. The van der Waals surface area contributed by atoms with Crippen LogP contribution in [0.25, 0.3) is 11.4 Å². The van der Waals surface area contributed by atoms with Crippen molar-refractivity contribution in [3.63, 3.8) is 0 Å². The van der Waals surface area contributed by atoms with Crippen molar-refractivity contribution in [2.75, 3.05) is 0 Å². The van der Waals surface area contributed by atoms with Crippen LogP contribution in [0.5, 0.6) is 0 Å². The highest BCUT2D eigenvalue weighted by atomic mass is 19.1. The number of carboxylic acid groups (broad SMARTS) is 1. The van der Waals surface area contributed by atoms with Gasteiger partial charge in [0.25, 0.3) is 5.56 Å². The largest absolute Gasteiger partial charge is 0.477 e.